The van der Waals surface area contributed by atoms with Crippen LogP contribution in [0.5, 0.6) is 0 Å². The molecule has 0 fully saturated rings. The van der Waals surface area contributed by atoms with E-state index >= 15 is 0 Å². The van der Waals surface area contributed by atoms with Crippen molar-refractivity contribution in [3.63, 3.8) is 0 Å². The minimum Gasteiger partial charge on any atom is -0.313 e. The fraction of sp³-hybridized carbons (Fsp3) is 1.00. The van der Waals surface area contributed by atoms with E-state index in [0.717, 1.165) is 25.4 Å². The molecule has 0 aromatic heterocycles. The molecule has 2 nitrogen and oxygen atoms in total. The summed E-state index contributed by atoms with van der Waals surface area (Å²) in [6.45, 7) is 4.30. The zero-order valence-electron chi connectivity index (χ0n) is 7.73. The molecular weight excluding hydrogens is 160 g/mol. The summed E-state index contributed by atoms with van der Waals surface area (Å²) in [5.74, 6) is 0.746. The fourth-order valence-corrected chi connectivity index (χ4v) is 1.13. The summed E-state index contributed by atoms with van der Waals surface area (Å²) in [7, 11) is 4.15. The molecule has 0 heterocycles. The van der Waals surface area contributed by atoms with Gasteiger partial charge in [0, 0.05) is 25.0 Å². The topological polar surface area (TPSA) is 15.3 Å². The predicted octanol–water partition coefficient (Wildman–Crippen LogP) is 1.16. The molecule has 0 rings (SSSR count). The lowest BCUT2D eigenvalue weighted by Crippen LogP contribution is -2.33. The molecule has 1 atom stereocenters. The zero-order chi connectivity index (χ0) is 8.69. The molecule has 3 heteroatoms. The Labute approximate surface area is 74.9 Å². The van der Waals surface area contributed by atoms with Crippen molar-refractivity contribution in [3.05, 3.63) is 0 Å². The van der Waals surface area contributed by atoms with E-state index < -0.39 is 0 Å². The van der Waals surface area contributed by atoms with Crippen molar-refractivity contribution in [1.29, 1.82) is 0 Å². The molecule has 0 saturated carbocycles. The Morgan fingerprint density at radius 2 is 2.09 bits per heavy atom. The summed E-state index contributed by atoms with van der Waals surface area (Å²) < 4.78 is 0. The van der Waals surface area contributed by atoms with Crippen molar-refractivity contribution in [1.82, 2.24) is 10.2 Å². The van der Waals surface area contributed by atoms with Gasteiger partial charge in [-0.2, -0.15) is 0 Å². The highest BCUT2D eigenvalue weighted by atomic mass is 35.5. The average molecular weight is 179 g/mol. The van der Waals surface area contributed by atoms with Gasteiger partial charge < -0.3 is 10.2 Å². The lowest BCUT2D eigenvalue weighted by atomic mass is 10.2. The first-order valence-corrected chi connectivity index (χ1v) is 4.64. The van der Waals surface area contributed by atoms with Crippen LogP contribution in [0.1, 0.15) is 13.3 Å². The van der Waals surface area contributed by atoms with Crippen LogP contribution in [0.15, 0.2) is 0 Å². The van der Waals surface area contributed by atoms with Crippen molar-refractivity contribution in [2.45, 2.75) is 19.4 Å². The first-order chi connectivity index (χ1) is 5.16. The lowest BCUT2D eigenvalue weighted by molar-refractivity contribution is 0.385. The molecule has 1 unspecified atom stereocenters. The van der Waals surface area contributed by atoms with Gasteiger partial charge in [0.25, 0.3) is 0 Å². The van der Waals surface area contributed by atoms with E-state index in [1.165, 1.54) is 0 Å². The van der Waals surface area contributed by atoms with Gasteiger partial charge in [-0.25, -0.2) is 0 Å². The van der Waals surface area contributed by atoms with Crippen LogP contribution in [0.3, 0.4) is 0 Å². The maximum Gasteiger partial charge on any atom is 0.0238 e. The van der Waals surface area contributed by atoms with Gasteiger partial charge in [-0.15, -0.1) is 11.6 Å². The lowest BCUT2D eigenvalue weighted by Gasteiger charge is -2.14. The molecule has 0 saturated heterocycles. The Hall–Kier alpha value is 0.210. The third-order valence-corrected chi connectivity index (χ3v) is 1.81. The van der Waals surface area contributed by atoms with E-state index in [2.05, 4.69) is 31.2 Å². The minimum atomic E-state index is 0.549. The highest BCUT2D eigenvalue weighted by Gasteiger charge is 1.98. The molecular formula is C8H19ClN2. The number of hydrogen-bond donors (Lipinski definition) is 1. The smallest absolute Gasteiger partial charge is 0.0238 e. The summed E-state index contributed by atoms with van der Waals surface area (Å²) in [5.41, 5.74) is 0. The Morgan fingerprint density at radius 1 is 1.45 bits per heavy atom. The average Bonchev–Trinajstić information content (AvgIpc) is 1.87. The Morgan fingerprint density at radius 3 is 2.55 bits per heavy atom. The van der Waals surface area contributed by atoms with Gasteiger partial charge in [0.15, 0.2) is 0 Å². The van der Waals surface area contributed by atoms with Crippen molar-refractivity contribution in [3.8, 4) is 0 Å². The van der Waals surface area contributed by atoms with Crippen molar-refractivity contribution in [2.24, 2.45) is 0 Å². The van der Waals surface area contributed by atoms with E-state index in [4.69, 9.17) is 11.6 Å². The third kappa shape index (κ3) is 8.11. The minimum absolute atomic E-state index is 0.549. The molecule has 0 aliphatic heterocycles. The van der Waals surface area contributed by atoms with Crippen LogP contribution in [0.4, 0.5) is 0 Å². The second-order valence-electron chi connectivity index (χ2n) is 3.14. The standard InChI is InChI=1S/C8H19ClN2/c1-8(4-5-9)10-6-7-11(2)3/h8,10H,4-7H2,1-3H3. The van der Waals surface area contributed by atoms with Crippen LogP contribution in [-0.2, 0) is 0 Å². The van der Waals surface area contributed by atoms with Crippen LogP contribution < -0.4 is 5.32 Å². The number of rotatable bonds is 6. The number of alkyl halides is 1. The quantitative estimate of drug-likeness (QED) is 0.615. The fourth-order valence-electron chi connectivity index (χ4n) is 0.800. The van der Waals surface area contributed by atoms with Crippen LogP contribution in [-0.4, -0.2) is 44.0 Å². The van der Waals surface area contributed by atoms with E-state index in [1.807, 2.05) is 0 Å². The summed E-state index contributed by atoms with van der Waals surface area (Å²) in [6.07, 6.45) is 1.05. The second-order valence-corrected chi connectivity index (χ2v) is 3.51. The van der Waals surface area contributed by atoms with Crippen molar-refractivity contribution >= 4 is 11.6 Å². The van der Waals surface area contributed by atoms with Crippen LogP contribution >= 0.6 is 11.6 Å². The summed E-state index contributed by atoms with van der Waals surface area (Å²) in [5, 5.41) is 3.39. The molecule has 11 heavy (non-hydrogen) atoms. The van der Waals surface area contributed by atoms with Crippen LogP contribution in [0.2, 0.25) is 0 Å². The van der Waals surface area contributed by atoms with Gasteiger partial charge >= 0.3 is 0 Å². The molecule has 0 aliphatic carbocycles. The van der Waals surface area contributed by atoms with Gasteiger partial charge in [0.2, 0.25) is 0 Å². The molecule has 1 N–H and O–H groups in total. The molecule has 68 valence electrons. The van der Waals surface area contributed by atoms with Crippen molar-refractivity contribution < 1.29 is 0 Å². The molecule has 0 radical (unpaired) electrons. The zero-order valence-corrected chi connectivity index (χ0v) is 8.49. The van der Waals surface area contributed by atoms with Crippen LogP contribution in [0, 0.1) is 0 Å². The van der Waals surface area contributed by atoms with E-state index in [1.54, 1.807) is 0 Å². The maximum atomic E-state index is 5.59. The monoisotopic (exact) mass is 178 g/mol. The number of nitrogens with zero attached hydrogens (tertiary/aromatic N) is 1. The van der Waals surface area contributed by atoms with Gasteiger partial charge in [-0.1, -0.05) is 0 Å². The molecule has 0 spiro atoms. The molecule has 0 aliphatic rings. The van der Waals surface area contributed by atoms with E-state index in [9.17, 15) is 0 Å². The number of nitrogens with one attached hydrogen (secondary N) is 1. The first kappa shape index (κ1) is 11.2. The summed E-state index contributed by atoms with van der Waals surface area (Å²) in [6, 6.07) is 0.549. The summed E-state index contributed by atoms with van der Waals surface area (Å²) in [4.78, 5) is 2.17. The maximum absolute atomic E-state index is 5.59. The Balaban J connectivity index is 3.10. The Kier molecular flexibility index (Phi) is 7.02. The highest BCUT2D eigenvalue weighted by molar-refractivity contribution is 6.17. The van der Waals surface area contributed by atoms with Crippen LogP contribution in [0.25, 0.3) is 0 Å². The largest absolute Gasteiger partial charge is 0.313 e. The Bertz CT molecular complexity index is 86.2. The van der Waals surface area contributed by atoms with Gasteiger partial charge in [-0.05, 0) is 27.4 Å². The van der Waals surface area contributed by atoms with Gasteiger partial charge in [-0.3, -0.25) is 0 Å². The summed E-state index contributed by atoms with van der Waals surface area (Å²) >= 11 is 5.59. The number of likely N-dealkylation sites (N-methyl/N-ethyl adjacent to an activating group) is 1. The van der Waals surface area contributed by atoms with E-state index in [-0.39, 0.29) is 0 Å². The van der Waals surface area contributed by atoms with Gasteiger partial charge in [0.1, 0.15) is 0 Å². The second kappa shape index (κ2) is 6.89. The first-order valence-electron chi connectivity index (χ1n) is 4.11. The SMILES string of the molecule is CC(CCCl)NCCN(C)C. The molecule has 0 aromatic carbocycles. The third-order valence-electron chi connectivity index (χ3n) is 1.59. The highest BCUT2D eigenvalue weighted by Crippen LogP contribution is 1.91. The predicted molar refractivity (Wildman–Crippen MR) is 51.4 cm³/mol. The normalized spacial score (nSPS) is 13.9. The number of hydrogen-bond acceptors (Lipinski definition) is 2. The molecule has 0 aromatic rings. The molecule has 0 bridgehead atoms. The van der Waals surface area contributed by atoms with E-state index in [0.29, 0.717) is 6.04 Å². The number of halogens is 1. The molecule has 0 amide bonds. The van der Waals surface area contributed by atoms with Gasteiger partial charge in [0.05, 0.1) is 0 Å². The van der Waals surface area contributed by atoms with Crippen molar-refractivity contribution in [2.75, 3.05) is 33.1 Å².